The number of halogens is 3. The molecule has 0 fully saturated rings. The van der Waals surface area contributed by atoms with Crippen LogP contribution in [0.5, 0.6) is 5.75 Å². The van der Waals surface area contributed by atoms with Crippen molar-refractivity contribution in [3.63, 3.8) is 0 Å². The average Bonchev–Trinajstić information content (AvgIpc) is 2.24. The molecule has 19 heavy (non-hydrogen) atoms. The van der Waals surface area contributed by atoms with Gasteiger partial charge in [-0.3, -0.25) is 4.72 Å². The lowest BCUT2D eigenvalue weighted by Crippen LogP contribution is -2.19. The lowest BCUT2D eigenvalue weighted by Gasteiger charge is -2.11. The van der Waals surface area contributed by atoms with E-state index in [1.807, 2.05) is 0 Å². The fraction of sp³-hybridized carbons (Fsp3) is 0.400. The maximum Gasteiger partial charge on any atom is 0.573 e. The molecule has 0 heterocycles. The third-order valence-electron chi connectivity index (χ3n) is 1.96. The van der Waals surface area contributed by atoms with Crippen LogP contribution in [-0.2, 0) is 10.0 Å². The Morgan fingerprint density at radius 1 is 1.32 bits per heavy atom. The molecule has 0 aliphatic rings. The monoisotopic (exact) mass is 298 g/mol. The summed E-state index contributed by atoms with van der Waals surface area (Å²) in [5.74, 6) is -0.694. The number of sulfonamides is 1. The zero-order chi connectivity index (χ0) is 14.5. The second kappa shape index (κ2) is 6.11. The molecule has 1 aromatic rings. The lowest BCUT2D eigenvalue weighted by atomic mass is 10.3. The Morgan fingerprint density at radius 2 is 2.00 bits per heavy atom. The first-order valence-electron chi connectivity index (χ1n) is 5.28. The smallest absolute Gasteiger partial charge is 0.406 e. The van der Waals surface area contributed by atoms with E-state index in [2.05, 4.69) is 9.46 Å². The Kier molecular flexibility index (Phi) is 5.01. The Balaban J connectivity index is 2.77. The highest BCUT2D eigenvalue weighted by atomic mass is 32.2. The molecule has 0 spiro atoms. The summed E-state index contributed by atoms with van der Waals surface area (Å²) < 4.78 is 64.9. The molecule has 1 rings (SSSR count). The molecule has 0 aliphatic heterocycles. The van der Waals surface area contributed by atoms with Crippen LogP contribution in [0.4, 0.5) is 18.9 Å². The fourth-order valence-corrected chi connectivity index (χ4v) is 2.40. The Labute approximate surface area is 108 Å². The van der Waals surface area contributed by atoms with E-state index in [-0.39, 0.29) is 24.4 Å². The Morgan fingerprint density at radius 3 is 2.58 bits per heavy atom. The lowest BCUT2D eigenvalue weighted by molar-refractivity contribution is -0.274. The Hall–Kier alpha value is -1.48. The zero-order valence-corrected chi connectivity index (χ0v) is 10.6. The summed E-state index contributed by atoms with van der Waals surface area (Å²) in [5.41, 5.74) is 5.18. The van der Waals surface area contributed by atoms with Gasteiger partial charge in [0.1, 0.15) is 5.75 Å². The molecule has 0 saturated carbocycles. The molecule has 0 saturated heterocycles. The average molecular weight is 298 g/mol. The van der Waals surface area contributed by atoms with Gasteiger partial charge < -0.3 is 10.5 Å². The normalized spacial score (nSPS) is 12.2. The van der Waals surface area contributed by atoms with Crippen LogP contribution in [0.1, 0.15) is 6.42 Å². The molecule has 0 radical (unpaired) electrons. The van der Waals surface area contributed by atoms with Crippen molar-refractivity contribution >= 4 is 15.7 Å². The highest BCUT2D eigenvalue weighted by Crippen LogP contribution is 2.25. The van der Waals surface area contributed by atoms with Gasteiger partial charge in [-0.15, -0.1) is 13.2 Å². The topological polar surface area (TPSA) is 81.4 Å². The second-order valence-electron chi connectivity index (χ2n) is 3.64. The van der Waals surface area contributed by atoms with Crippen molar-refractivity contribution in [2.24, 2.45) is 5.73 Å². The molecular weight excluding hydrogens is 285 g/mol. The summed E-state index contributed by atoms with van der Waals surface area (Å²) in [6, 6.07) is 4.60. The quantitative estimate of drug-likeness (QED) is 0.837. The third-order valence-corrected chi connectivity index (χ3v) is 3.33. The van der Waals surface area contributed by atoms with Crippen molar-refractivity contribution < 1.29 is 26.3 Å². The van der Waals surface area contributed by atoms with Gasteiger partial charge in [0.15, 0.2) is 0 Å². The van der Waals surface area contributed by atoms with Crippen LogP contribution >= 0.6 is 0 Å². The number of anilines is 1. The predicted octanol–water partition coefficient (Wildman–Crippen LogP) is 1.68. The molecule has 3 N–H and O–H groups in total. The van der Waals surface area contributed by atoms with Crippen molar-refractivity contribution in [3.05, 3.63) is 24.3 Å². The standard InChI is InChI=1S/C10H13F3N2O3S/c11-10(12,13)18-9-4-1-3-8(7-9)15-19(16,17)6-2-5-14/h1,3-4,7,15H,2,5-6,14H2. The zero-order valence-electron chi connectivity index (χ0n) is 9.77. The van der Waals surface area contributed by atoms with E-state index in [0.29, 0.717) is 0 Å². The van der Waals surface area contributed by atoms with Crippen molar-refractivity contribution in [3.8, 4) is 5.75 Å². The van der Waals surface area contributed by atoms with Crippen molar-refractivity contribution in [2.45, 2.75) is 12.8 Å². The minimum absolute atomic E-state index is 0.00114. The summed E-state index contributed by atoms with van der Waals surface area (Å²) in [5, 5.41) is 0. The first-order chi connectivity index (χ1) is 8.72. The van der Waals surface area contributed by atoms with Gasteiger partial charge in [-0.05, 0) is 25.1 Å². The fourth-order valence-electron chi connectivity index (χ4n) is 1.26. The van der Waals surface area contributed by atoms with Crippen molar-refractivity contribution in [2.75, 3.05) is 17.0 Å². The van der Waals surface area contributed by atoms with Gasteiger partial charge in [0, 0.05) is 6.07 Å². The predicted molar refractivity (Wildman–Crippen MR) is 64.2 cm³/mol. The molecule has 0 unspecified atom stereocenters. The van der Waals surface area contributed by atoms with Crippen LogP contribution in [0.15, 0.2) is 24.3 Å². The molecule has 0 aromatic heterocycles. The number of nitrogens with two attached hydrogens (primary N) is 1. The van der Waals surface area contributed by atoms with Crippen LogP contribution in [0.25, 0.3) is 0 Å². The maximum absolute atomic E-state index is 12.0. The van der Waals surface area contributed by atoms with Gasteiger partial charge in [0.05, 0.1) is 11.4 Å². The summed E-state index contributed by atoms with van der Waals surface area (Å²) in [6.45, 7) is 0.206. The van der Waals surface area contributed by atoms with E-state index in [0.717, 1.165) is 12.1 Å². The molecule has 0 atom stereocenters. The molecule has 9 heteroatoms. The molecule has 1 aromatic carbocycles. The van der Waals surface area contributed by atoms with Gasteiger partial charge in [0.25, 0.3) is 0 Å². The molecule has 5 nitrogen and oxygen atoms in total. The Bertz CT molecular complexity index is 517. The SMILES string of the molecule is NCCCS(=O)(=O)Nc1cccc(OC(F)(F)F)c1. The van der Waals surface area contributed by atoms with Crippen LogP contribution < -0.4 is 15.2 Å². The summed E-state index contributed by atoms with van der Waals surface area (Å²) in [6.07, 6.45) is -4.56. The van der Waals surface area contributed by atoms with Gasteiger partial charge in [-0.25, -0.2) is 8.42 Å². The first-order valence-corrected chi connectivity index (χ1v) is 6.93. The van der Waals surface area contributed by atoms with E-state index < -0.39 is 22.1 Å². The van der Waals surface area contributed by atoms with Gasteiger partial charge in [-0.1, -0.05) is 6.07 Å². The summed E-state index contributed by atoms with van der Waals surface area (Å²) in [7, 11) is -3.62. The molecule has 0 aliphatic carbocycles. The highest BCUT2D eigenvalue weighted by molar-refractivity contribution is 7.92. The van der Waals surface area contributed by atoms with Crippen LogP contribution in [-0.4, -0.2) is 27.1 Å². The third kappa shape index (κ3) is 6.30. The number of hydrogen-bond donors (Lipinski definition) is 2. The maximum atomic E-state index is 12.0. The number of rotatable bonds is 6. The molecule has 0 amide bonds. The second-order valence-corrected chi connectivity index (χ2v) is 5.48. The minimum atomic E-state index is -4.82. The highest BCUT2D eigenvalue weighted by Gasteiger charge is 2.31. The summed E-state index contributed by atoms with van der Waals surface area (Å²) >= 11 is 0. The number of alkyl halides is 3. The van der Waals surface area contributed by atoms with Crippen LogP contribution in [0.2, 0.25) is 0 Å². The van der Waals surface area contributed by atoms with E-state index >= 15 is 0 Å². The molecular formula is C10H13F3N2O3S. The minimum Gasteiger partial charge on any atom is -0.406 e. The molecule has 0 bridgehead atoms. The van der Waals surface area contributed by atoms with Crippen LogP contribution in [0.3, 0.4) is 0 Å². The number of nitrogens with one attached hydrogen (secondary N) is 1. The van der Waals surface area contributed by atoms with E-state index in [1.54, 1.807) is 0 Å². The van der Waals surface area contributed by atoms with Crippen molar-refractivity contribution in [1.29, 1.82) is 0 Å². The van der Waals surface area contributed by atoms with Gasteiger partial charge in [0.2, 0.25) is 10.0 Å². The largest absolute Gasteiger partial charge is 0.573 e. The van der Waals surface area contributed by atoms with Gasteiger partial charge in [-0.2, -0.15) is 0 Å². The van der Waals surface area contributed by atoms with E-state index in [4.69, 9.17) is 5.73 Å². The van der Waals surface area contributed by atoms with E-state index in [9.17, 15) is 21.6 Å². The number of ether oxygens (including phenoxy) is 1. The van der Waals surface area contributed by atoms with Crippen LogP contribution in [0, 0.1) is 0 Å². The number of benzene rings is 1. The molecule has 108 valence electrons. The number of hydrogen-bond acceptors (Lipinski definition) is 4. The van der Waals surface area contributed by atoms with Crippen molar-refractivity contribution in [1.82, 2.24) is 0 Å². The van der Waals surface area contributed by atoms with Gasteiger partial charge >= 0.3 is 6.36 Å². The first kappa shape index (κ1) is 15.6. The van der Waals surface area contributed by atoms with E-state index in [1.165, 1.54) is 12.1 Å². The summed E-state index contributed by atoms with van der Waals surface area (Å²) in [4.78, 5) is 0.